The lowest BCUT2D eigenvalue weighted by atomic mass is 9.47. The highest BCUT2D eigenvalue weighted by Crippen LogP contribution is 2.67. The van der Waals surface area contributed by atoms with Gasteiger partial charge in [0.15, 0.2) is 0 Å². The molecule has 0 heterocycles. The van der Waals surface area contributed by atoms with Crippen LogP contribution in [0.25, 0.3) is 0 Å². The Balaban J connectivity index is 1.49. The summed E-state index contributed by atoms with van der Waals surface area (Å²) in [6, 6.07) is 0. The number of hydrogen-bond donors (Lipinski definition) is 1. The van der Waals surface area contributed by atoms with Gasteiger partial charge in [0.1, 0.15) is 0 Å². The molecule has 1 N–H and O–H groups in total. The monoisotopic (exact) mass is 398 g/mol. The molecule has 1 heteroatoms. The predicted molar refractivity (Wildman–Crippen MR) is 124 cm³/mol. The topological polar surface area (TPSA) is 20.2 Å². The Bertz CT molecular complexity index is 659. The van der Waals surface area contributed by atoms with E-state index in [1.807, 2.05) is 0 Å². The van der Waals surface area contributed by atoms with Gasteiger partial charge >= 0.3 is 0 Å². The Labute approximate surface area is 180 Å². The van der Waals surface area contributed by atoms with Crippen LogP contribution in [0.5, 0.6) is 0 Å². The van der Waals surface area contributed by atoms with Crippen LogP contribution in [0, 0.1) is 46.3 Å². The zero-order valence-corrected chi connectivity index (χ0v) is 19.8. The van der Waals surface area contributed by atoms with Crippen LogP contribution in [0.15, 0.2) is 23.8 Å². The quantitative estimate of drug-likeness (QED) is 0.474. The molecule has 1 nitrogen and oxygen atoms in total. The summed E-state index contributed by atoms with van der Waals surface area (Å²) < 4.78 is 0. The Hall–Kier alpha value is -0.560. The number of rotatable bonds is 5. The number of hydrogen-bond acceptors (Lipinski definition) is 1. The van der Waals surface area contributed by atoms with Gasteiger partial charge in [0.2, 0.25) is 0 Å². The molecular formula is C28H46O. The molecule has 3 saturated carbocycles. The van der Waals surface area contributed by atoms with Crippen LogP contribution in [0.3, 0.4) is 0 Å². The fourth-order valence-corrected chi connectivity index (χ4v) is 8.52. The molecule has 164 valence electrons. The molecule has 0 aromatic heterocycles. The Kier molecular flexibility index (Phi) is 5.86. The zero-order valence-electron chi connectivity index (χ0n) is 19.8. The smallest absolute Gasteiger partial charge is 0.0577 e. The molecule has 29 heavy (non-hydrogen) atoms. The highest BCUT2D eigenvalue weighted by molar-refractivity contribution is 5.25. The largest absolute Gasteiger partial charge is 0.393 e. The summed E-state index contributed by atoms with van der Waals surface area (Å²) in [5, 5.41) is 10.2. The minimum absolute atomic E-state index is 0.0861. The van der Waals surface area contributed by atoms with E-state index in [2.05, 4.69) is 47.3 Å². The number of fused-ring (bicyclic) bond motifs is 5. The normalized spacial score (nSPS) is 45.2. The van der Waals surface area contributed by atoms with Crippen molar-refractivity contribution in [2.75, 3.05) is 0 Å². The van der Waals surface area contributed by atoms with Crippen molar-refractivity contribution >= 4 is 0 Å². The molecule has 0 aliphatic heterocycles. The average molecular weight is 399 g/mol. The van der Waals surface area contributed by atoms with E-state index in [1.54, 1.807) is 5.57 Å². The third kappa shape index (κ3) is 3.58. The molecular weight excluding hydrogens is 352 g/mol. The van der Waals surface area contributed by atoms with Crippen molar-refractivity contribution in [3.05, 3.63) is 23.8 Å². The van der Waals surface area contributed by atoms with Crippen molar-refractivity contribution in [3.63, 3.8) is 0 Å². The summed E-state index contributed by atoms with van der Waals surface area (Å²) in [4.78, 5) is 0. The first-order chi connectivity index (χ1) is 13.7. The minimum atomic E-state index is -0.0861. The van der Waals surface area contributed by atoms with Gasteiger partial charge in [-0.25, -0.2) is 0 Å². The molecule has 4 rings (SSSR count). The Morgan fingerprint density at radius 2 is 1.86 bits per heavy atom. The van der Waals surface area contributed by atoms with Crippen LogP contribution >= 0.6 is 0 Å². The van der Waals surface area contributed by atoms with E-state index in [-0.39, 0.29) is 6.10 Å². The Morgan fingerprint density at radius 3 is 2.59 bits per heavy atom. The highest BCUT2D eigenvalue weighted by atomic mass is 16.3. The van der Waals surface area contributed by atoms with E-state index in [1.165, 1.54) is 56.9 Å². The molecule has 0 aromatic carbocycles. The lowest BCUT2D eigenvalue weighted by molar-refractivity contribution is -0.0571. The van der Waals surface area contributed by atoms with Crippen LogP contribution < -0.4 is 0 Å². The lowest BCUT2D eigenvalue weighted by Gasteiger charge is -2.58. The van der Waals surface area contributed by atoms with Gasteiger partial charge in [0, 0.05) is 0 Å². The van der Waals surface area contributed by atoms with Crippen molar-refractivity contribution in [1.29, 1.82) is 0 Å². The second kappa shape index (κ2) is 7.85. The maximum absolute atomic E-state index is 10.2. The summed E-state index contributed by atoms with van der Waals surface area (Å²) in [5.41, 5.74) is 3.98. The molecule has 0 saturated heterocycles. The van der Waals surface area contributed by atoms with Crippen molar-refractivity contribution in [3.8, 4) is 0 Å². The van der Waals surface area contributed by atoms with Gasteiger partial charge in [0.25, 0.3) is 0 Å². The van der Waals surface area contributed by atoms with E-state index in [4.69, 9.17) is 0 Å². The van der Waals surface area contributed by atoms with Crippen LogP contribution in [-0.4, -0.2) is 11.2 Å². The molecule has 0 unspecified atom stereocenters. The van der Waals surface area contributed by atoms with Crippen molar-refractivity contribution in [2.24, 2.45) is 46.3 Å². The van der Waals surface area contributed by atoms with E-state index in [9.17, 15) is 5.11 Å². The minimum Gasteiger partial charge on any atom is -0.393 e. The molecule has 8 atom stereocenters. The standard InChI is InChI=1S/C28H46O/c1-18(2)19(3)7-8-20(4)24-11-12-25-23-10-9-21-17-22(29)13-15-27(21,5)26(23)14-16-28(24,25)6/h9,18,20,22-26,29H,3,7-8,10-17H2,1-2,4-6H3/t20-,22+,23+,24-,25-,26-,27+,28+/m1/s1. The summed E-state index contributed by atoms with van der Waals surface area (Å²) >= 11 is 0. The lowest BCUT2D eigenvalue weighted by Crippen LogP contribution is -2.50. The second-order valence-electron chi connectivity index (χ2n) is 12.2. The summed E-state index contributed by atoms with van der Waals surface area (Å²) in [6.07, 6.45) is 15.3. The predicted octanol–water partition coefficient (Wildman–Crippen LogP) is 7.55. The highest BCUT2D eigenvalue weighted by Gasteiger charge is 2.59. The molecule has 0 radical (unpaired) electrons. The summed E-state index contributed by atoms with van der Waals surface area (Å²) in [5.74, 6) is 5.03. The molecule has 4 aliphatic carbocycles. The van der Waals surface area contributed by atoms with Gasteiger partial charge in [-0.2, -0.15) is 0 Å². The second-order valence-corrected chi connectivity index (χ2v) is 12.2. The molecule has 3 fully saturated rings. The van der Waals surface area contributed by atoms with Gasteiger partial charge < -0.3 is 5.11 Å². The average Bonchev–Trinajstić information content (AvgIpc) is 3.03. The molecule has 0 bridgehead atoms. The summed E-state index contributed by atoms with van der Waals surface area (Å²) in [7, 11) is 0. The third-order valence-electron chi connectivity index (χ3n) is 10.6. The Morgan fingerprint density at radius 1 is 1.10 bits per heavy atom. The van der Waals surface area contributed by atoms with Gasteiger partial charge in [-0.1, -0.05) is 58.4 Å². The van der Waals surface area contributed by atoms with Crippen LogP contribution in [-0.2, 0) is 0 Å². The van der Waals surface area contributed by atoms with Crippen LogP contribution in [0.2, 0.25) is 0 Å². The maximum Gasteiger partial charge on any atom is 0.0577 e. The molecule has 0 aromatic rings. The van der Waals surface area contributed by atoms with Crippen molar-refractivity contribution < 1.29 is 5.11 Å². The van der Waals surface area contributed by atoms with Crippen molar-refractivity contribution in [2.45, 2.75) is 105 Å². The SMILES string of the molecule is C=C(CC[C@@H](C)[C@H]1CC[C@@H]2[C@@H]3CC=C4C[C@@H](O)CC[C@]4(C)[C@@H]3CC[C@]21C)C(C)C. The third-order valence-corrected chi connectivity index (χ3v) is 10.6. The van der Waals surface area contributed by atoms with E-state index < -0.39 is 0 Å². The molecule has 0 spiro atoms. The number of aliphatic hydroxyl groups is 1. The van der Waals surface area contributed by atoms with E-state index in [0.717, 1.165) is 42.4 Å². The van der Waals surface area contributed by atoms with Crippen LogP contribution in [0.1, 0.15) is 98.8 Å². The maximum atomic E-state index is 10.2. The molecule has 0 amide bonds. The van der Waals surface area contributed by atoms with E-state index >= 15 is 0 Å². The van der Waals surface area contributed by atoms with Gasteiger partial charge in [-0.15, -0.1) is 0 Å². The summed E-state index contributed by atoms with van der Waals surface area (Å²) in [6.45, 7) is 16.7. The first-order valence-corrected chi connectivity index (χ1v) is 12.7. The fourth-order valence-electron chi connectivity index (χ4n) is 8.52. The first-order valence-electron chi connectivity index (χ1n) is 12.7. The first kappa shape index (κ1) is 21.7. The van der Waals surface area contributed by atoms with Gasteiger partial charge in [-0.05, 0) is 111 Å². The van der Waals surface area contributed by atoms with Crippen molar-refractivity contribution in [1.82, 2.24) is 0 Å². The fraction of sp³-hybridized carbons (Fsp3) is 0.857. The van der Waals surface area contributed by atoms with Gasteiger partial charge in [-0.3, -0.25) is 0 Å². The zero-order chi connectivity index (χ0) is 21.0. The molecule has 4 aliphatic rings. The number of aliphatic hydroxyl groups excluding tert-OH is 1. The van der Waals surface area contributed by atoms with Gasteiger partial charge in [0.05, 0.1) is 6.10 Å². The van der Waals surface area contributed by atoms with Crippen LogP contribution in [0.4, 0.5) is 0 Å². The van der Waals surface area contributed by atoms with E-state index in [0.29, 0.717) is 16.7 Å². The number of allylic oxidation sites excluding steroid dienone is 2.